The van der Waals surface area contributed by atoms with Gasteiger partial charge in [-0.2, -0.15) is 0 Å². The predicted molar refractivity (Wildman–Crippen MR) is 82.3 cm³/mol. The largest absolute Gasteiger partial charge is 0.467 e. The molecule has 8 heteroatoms. The first kappa shape index (κ1) is 15.7. The van der Waals surface area contributed by atoms with Crippen LogP contribution in [0, 0.1) is 0 Å². The van der Waals surface area contributed by atoms with Crippen LogP contribution < -0.4 is 5.32 Å². The fraction of sp³-hybridized carbons (Fsp3) is 0.400. The zero-order chi connectivity index (χ0) is 16.3. The number of nitrogens with zero attached hydrogens (tertiary/aromatic N) is 1. The van der Waals surface area contributed by atoms with Crippen LogP contribution in [0.25, 0.3) is 0 Å². The molecule has 2 amide bonds. The molecule has 2 aromatic rings. The van der Waals surface area contributed by atoms with Crippen molar-refractivity contribution < 1.29 is 22.0 Å². The van der Waals surface area contributed by atoms with Crippen LogP contribution in [-0.4, -0.2) is 36.9 Å². The van der Waals surface area contributed by atoms with Crippen molar-refractivity contribution in [3.63, 3.8) is 0 Å². The molecule has 1 fully saturated rings. The van der Waals surface area contributed by atoms with E-state index in [-0.39, 0.29) is 36.7 Å². The Labute approximate surface area is 134 Å². The molecule has 1 atom stereocenters. The molecule has 3 rings (SSSR count). The first-order valence-corrected chi connectivity index (χ1v) is 9.14. The second kappa shape index (κ2) is 6.49. The topological polar surface area (TPSA) is 92.8 Å². The Kier molecular flexibility index (Phi) is 4.42. The van der Waals surface area contributed by atoms with Crippen molar-refractivity contribution in [2.24, 2.45) is 0 Å². The molecule has 124 valence electrons. The lowest BCUT2D eigenvalue weighted by Crippen LogP contribution is -2.44. The number of furan rings is 2. The molecule has 0 unspecified atom stereocenters. The Hall–Kier alpha value is -2.22. The summed E-state index contributed by atoms with van der Waals surface area (Å²) in [7, 11) is -3.04. The van der Waals surface area contributed by atoms with Crippen molar-refractivity contribution in [1.82, 2.24) is 10.2 Å². The van der Waals surface area contributed by atoms with Gasteiger partial charge in [-0.1, -0.05) is 0 Å². The fourth-order valence-corrected chi connectivity index (χ4v) is 4.23. The Morgan fingerprint density at radius 3 is 2.22 bits per heavy atom. The highest BCUT2D eigenvalue weighted by Crippen LogP contribution is 2.14. The molecule has 0 saturated carbocycles. The van der Waals surface area contributed by atoms with Gasteiger partial charge in [0.05, 0.1) is 37.1 Å². The monoisotopic (exact) mass is 338 g/mol. The zero-order valence-corrected chi connectivity index (χ0v) is 13.3. The quantitative estimate of drug-likeness (QED) is 0.897. The average molecular weight is 338 g/mol. The molecule has 1 saturated heterocycles. The van der Waals surface area contributed by atoms with E-state index >= 15 is 0 Å². The number of carbonyl (C=O) groups excluding carboxylic acids is 1. The van der Waals surface area contributed by atoms with Crippen LogP contribution in [-0.2, 0) is 22.9 Å². The SMILES string of the molecule is O=C(N[C@H]1CCS(=O)(=O)C1)N(Cc1ccco1)Cc1ccco1. The molecule has 0 spiro atoms. The molecule has 0 aliphatic carbocycles. The van der Waals surface area contributed by atoms with Crippen molar-refractivity contribution in [3.8, 4) is 0 Å². The third kappa shape index (κ3) is 4.16. The summed E-state index contributed by atoms with van der Waals surface area (Å²) in [5.41, 5.74) is 0. The molecule has 0 radical (unpaired) electrons. The van der Waals surface area contributed by atoms with Crippen LogP contribution in [0.2, 0.25) is 0 Å². The maximum Gasteiger partial charge on any atom is 0.318 e. The first-order chi connectivity index (χ1) is 11.0. The van der Waals surface area contributed by atoms with E-state index < -0.39 is 9.84 Å². The molecule has 3 heterocycles. The number of hydrogen-bond acceptors (Lipinski definition) is 5. The van der Waals surface area contributed by atoms with Crippen LogP contribution in [0.4, 0.5) is 4.79 Å². The van der Waals surface area contributed by atoms with E-state index in [0.717, 1.165) is 0 Å². The molecule has 2 aromatic heterocycles. The minimum atomic E-state index is -3.04. The van der Waals surface area contributed by atoms with Gasteiger partial charge in [0.25, 0.3) is 0 Å². The number of urea groups is 1. The average Bonchev–Trinajstić information content (AvgIpc) is 3.21. The Bertz CT molecular complexity index is 701. The minimum absolute atomic E-state index is 0.00587. The Morgan fingerprint density at radius 2 is 1.78 bits per heavy atom. The summed E-state index contributed by atoms with van der Waals surface area (Å²) in [5.74, 6) is 1.40. The van der Waals surface area contributed by atoms with Crippen molar-refractivity contribution in [1.29, 1.82) is 0 Å². The van der Waals surface area contributed by atoms with Gasteiger partial charge in [0, 0.05) is 6.04 Å². The van der Waals surface area contributed by atoms with E-state index in [1.165, 1.54) is 4.90 Å². The van der Waals surface area contributed by atoms with Crippen LogP contribution in [0.15, 0.2) is 45.6 Å². The van der Waals surface area contributed by atoms with E-state index in [2.05, 4.69) is 5.32 Å². The van der Waals surface area contributed by atoms with Crippen molar-refractivity contribution >= 4 is 15.9 Å². The molecule has 0 bridgehead atoms. The van der Waals surface area contributed by atoms with Gasteiger partial charge in [-0.05, 0) is 30.7 Å². The number of carbonyl (C=O) groups is 1. The number of nitrogens with one attached hydrogen (secondary N) is 1. The summed E-state index contributed by atoms with van der Waals surface area (Å²) in [4.78, 5) is 14.0. The van der Waals surface area contributed by atoms with Gasteiger partial charge in [-0.3, -0.25) is 0 Å². The lowest BCUT2D eigenvalue weighted by Gasteiger charge is -2.23. The fourth-order valence-electron chi connectivity index (χ4n) is 2.56. The third-order valence-electron chi connectivity index (χ3n) is 3.70. The van der Waals surface area contributed by atoms with Crippen molar-refractivity contribution in [2.75, 3.05) is 11.5 Å². The van der Waals surface area contributed by atoms with Crippen LogP contribution >= 0.6 is 0 Å². The first-order valence-electron chi connectivity index (χ1n) is 7.32. The van der Waals surface area contributed by atoms with Gasteiger partial charge in [-0.25, -0.2) is 13.2 Å². The summed E-state index contributed by atoms with van der Waals surface area (Å²) in [6.07, 6.45) is 3.53. The van der Waals surface area contributed by atoms with Crippen LogP contribution in [0.1, 0.15) is 17.9 Å². The van der Waals surface area contributed by atoms with Gasteiger partial charge in [0.15, 0.2) is 9.84 Å². The van der Waals surface area contributed by atoms with E-state index in [1.807, 2.05) is 0 Å². The van der Waals surface area contributed by atoms with Gasteiger partial charge in [-0.15, -0.1) is 0 Å². The molecule has 23 heavy (non-hydrogen) atoms. The number of hydrogen-bond donors (Lipinski definition) is 1. The number of amides is 2. The molecular formula is C15H18N2O5S. The molecule has 0 aromatic carbocycles. The molecule has 1 aliphatic rings. The standard InChI is InChI=1S/C15H18N2O5S/c18-15(16-12-5-8-23(19,20)11-12)17(9-13-3-1-6-21-13)10-14-4-2-7-22-14/h1-4,6-7,12H,5,8-11H2,(H,16,18)/t12-/m0/s1. The molecule has 1 N–H and O–H groups in total. The smallest absolute Gasteiger partial charge is 0.318 e. The molecular weight excluding hydrogens is 320 g/mol. The van der Waals surface area contributed by atoms with Crippen molar-refractivity contribution in [3.05, 3.63) is 48.3 Å². The zero-order valence-electron chi connectivity index (χ0n) is 12.5. The summed E-state index contributed by atoms with van der Waals surface area (Å²) in [6, 6.07) is 6.39. The molecule has 7 nitrogen and oxygen atoms in total. The maximum absolute atomic E-state index is 12.5. The maximum atomic E-state index is 12.5. The van der Waals surface area contributed by atoms with Gasteiger partial charge < -0.3 is 19.1 Å². The summed E-state index contributed by atoms with van der Waals surface area (Å²) in [5, 5.41) is 2.78. The lowest BCUT2D eigenvalue weighted by atomic mass is 10.2. The number of sulfone groups is 1. The van der Waals surface area contributed by atoms with E-state index in [0.29, 0.717) is 17.9 Å². The second-order valence-corrected chi connectivity index (χ2v) is 7.79. The van der Waals surface area contributed by atoms with E-state index in [1.54, 1.807) is 36.8 Å². The van der Waals surface area contributed by atoms with Crippen LogP contribution in [0.3, 0.4) is 0 Å². The van der Waals surface area contributed by atoms with E-state index in [9.17, 15) is 13.2 Å². The molecule has 1 aliphatic heterocycles. The summed E-state index contributed by atoms with van der Waals surface area (Å²) in [6.45, 7) is 0.554. The highest BCUT2D eigenvalue weighted by atomic mass is 32.2. The second-order valence-electron chi connectivity index (χ2n) is 5.56. The van der Waals surface area contributed by atoms with Crippen LogP contribution in [0.5, 0.6) is 0 Å². The minimum Gasteiger partial charge on any atom is -0.467 e. The normalized spacial score (nSPS) is 19.6. The summed E-state index contributed by atoms with van der Waals surface area (Å²) >= 11 is 0. The van der Waals surface area contributed by atoms with Crippen molar-refractivity contribution in [2.45, 2.75) is 25.6 Å². The highest BCUT2D eigenvalue weighted by Gasteiger charge is 2.30. The Balaban J connectivity index is 1.67. The summed E-state index contributed by atoms with van der Waals surface area (Å²) < 4.78 is 33.6. The lowest BCUT2D eigenvalue weighted by molar-refractivity contribution is 0.179. The van der Waals surface area contributed by atoms with E-state index in [4.69, 9.17) is 8.83 Å². The predicted octanol–water partition coefficient (Wildman–Crippen LogP) is 1.77. The van der Waals surface area contributed by atoms with Gasteiger partial charge >= 0.3 is 6.03 Å². The van der Waals surface area contributed by atoms with Gasteiger partial charge in [0.2, 0.25) is 0 Å². The van der Waals surface area contributed by atoms with Gasteiger partial charge in [0.1, 0.15) is 11.5 Å². The number of rotatable bonds is 5. The Morgan fingerprint density at radius 1 is 1.17 bits per heavy atom. The third-order valence-corrected chi connectivity index (χ3v) is 5.47. The highest BCUT2D eigenvalue weighted by molar-refractivity contribution is 7.91.